The van der Waals surface area contributed by atoms with Crippen LogP contribution in [-0.4, -0.2) is 22.5 Å². The van der Waals surface area contributed by atoms with Gasteiger partial charge in [0, 0.05) is 17.0 Å². The van der Waals surface area contributed by atoms with Gasteiger partial charge < -0.3 is 10.5 Å². The Morgan fingerprint density at radius 2 is 1.87 bits per heavy atom. The smallest absolute Gasteiger partial charge is 0.310 e. The lowest BCUT2D eigenvalue weighted by atomic mass is 10.1. The van der Waals surface area contributed by atoms with Gasteiger partial charge in [-0.15, -0.1) is 0 Å². The number of nitrogens with two attached hydrogens (primary N) is 1. The maximum absolute atomic E-state index is 11.3. The molecule has 1 heterocycles. The zero-order valence-electron chi connectivity index (χ0n) is 9.20. The Labute approximate surface area is 88.7 Å². The topological polar surface area (TPSA) is 78.1 Å². The van der Waals surface area contributed by atoms with Gasteiger partial charge in [0.05, 0.1) is 13.0 Å². The number of aryl methyl sites for hydroxylation is 2. The van der Waals surface area contributed by atoms with E-state index in [1.807, 2.05) is 0 Å². The molecule has 5 nitrogen and oxygen atoms in total. The zero-order chi connectivity index (χ0) is 11.4. The summed E-state index contributed by atoms with van der Waals surface area (Å²) < 4.78 is 4.86. The highest BCUT2D eigenvalue weighted by Gasteiger charge is 2.12. The predicted octanol–water partition coefficient (Wildman–Crippen LogP) is 0.781. The Balaban J connectivity index is 2.90. The largest absolute Gasteiger partial charge is 0.466 e. The fourth-order valence-electron chi connectivity index (χ4n) is 1.38. The molecule has 1 aromatic heterocycles. The Hall–Kier alpha value is -1.65. The normalized spacial score (nSPS) is 10.1. The highest BCUT2D eigenvalue weighted by Crippen LogP contribution is 2.12. The standard InChI is InChI=1S/C10H15N3O2/c1-4-15-9(14)5-8-6(2)12-10(11)13-7(8)3/h4-5H2,1-3H3,(H2,11,12,13). The van der Waals surface area contributed by atoms with Gasteiger partial charge in [-0.2, -0.15) is 0 Å². The first kappa shape index (κ1) is 11.4. The van der Waals surface area contributed by atoms with E-state index in [4.69, 9.17) is 10.5 Å². The maximum Gasteiger partial charge on any atom is 0.310 e. The lowest BCUT2D eigenvalue weighted by Gasteiger charge is -2.08. The summed E-state index contributed by atoms with van der Waals surface area (Å²) >= 11 is 0. The van der Waals surface area contributed by atoms with E-state index in [2.05, 4.69) is 9.97 Å². The lowest BCUT2D eigenvalue weighted by Crippen LogP contribution is -2.12. The number of ether oxygens (including phenoxy) is 1. The minimum atomic E-state index is -0.267. The summed E-state index contributed by atoms with van der Waals surface area (Å²) in [7, 11) is 0. The van der Waals surface area contributed by atoms with Gasteiger partial charge in [0.15, 0.2) is 0 Å². The van der Waals surface area contributed by atoms with Crippen LogP contribution < -0.4 is 5.73 Å². The van der Waals surface area contributed by atoms with Crippen LogP contribution in [-0.2, 0) is 16.0 Å². The third kappa shape index (κ3) is 2.90. The van der Waals surface area contributed by atoms with Crippen molar-refractivity contribution in [1.29, 1.82) is 0 Å². The molecule has 0 spiro atoms. The molecule has 15 heavy (non-hydrogen) atoms. The molecule has 82 valence electrons. The number of nitrogen functional groups attached to an aromatic ring is 1. The van der Waals surface area contributed by atoms with Gasteiger partial charge in [-0.25, -0.2) is 9.97 Å². The zero-order valence-corrected chi connectivity index (χ0v) is 9.20. The highest BCUT2D eigenvalue weighted by atomic mass is 16.5. The van der Waals surface area contributed by atoms with Crippen molar-refractivity contribution in [2.45, 2.75) is 27.2 Å². The van der Waals surface area contributed by atoms with Crippen LogP contribution in [0, 0.1) is 13.8 Å². The Kier molecular flexibility index (Phi) is 3.60. The van der Waals surface area contributed by atoms with E-state index in [1.165, 1.54) is 0 Å². The second kappa shape index (κ2) is 4.72. The summed E-state index contributed by atoms with van der Waals surface area (Å²) in [5, 5.41) is 0. The van der Waals surface area contributed by atoms with Crippen molar-refractivity contribution < 1.29 is 9.53 Å². The number of carbonyl (C=O) groups is 1. The highest BCUT2D eigenvalue weighted by molar-refractivity contribution is 5.73. The molecule has 0 aliphatic carbocycles. The number of hydrogen-bond donors (Lipinski definition) is 1. The van der Waals surface area contributed by atoms with E-state index >= 15 is 0 Å². The number of aromatic nitrogens is 2. The molecule has 0 radical (unpaired) electrons. The number of nitrogens with zero attached hydrogens (tertiary/aromatic N) is 2. The Morgan fingerprint density at radius 1 is 1.33 bits per heavy atom. The van der Waals surface area contributed by atoms with E-state index in [0.29, 0.717) is 6.61 Å². The molecule has 0 aliphatic rings. The van der Waals surface area contributed by atoms with Crippen molar-refractivity contribution in [2.24, 2.45) is 0 Å². The van der Waals surface area contributed by atoms with Gasteiger partial charge in [-0.3, -0.25) is 4.79 Å². The van der Waals surface area contributed by atoms with Crippen molar-refractivity contribution in [3.05, 3.63) is 17.0 Å². The molecule has 0 fully saturated rings. The molecule has 0 aliphatic heterocycles. The van der Waals surface area contributed by atoms with Crippen LogP contribution in [0.5, 0.6) is 0 Å². The average Bonchev–Trinajstić information content (AvgIpc) is 2.11. The summed E-state index contributed by atoms with van der Waals surface area (Å²) in [5.74, 6) is -0.0327. The van der Waals surface area contributed by atoms with E-state index in [0.717, 1.165) is 17.0 Å². The van der Waals surface area contributed by atoms with Gasteiger partial charge in [-0.1, -0.05) is 0 Å². The Bertz CT molecular complexity index is 354. The predicted molar refractivity (Wildman–Crippen MR) is 56.3 cm³/mol. The van der Waals surface area contributed by atoms with Crippen LogP contribution in [0.4, 0.5) is 5.95 Å². The fourth-order valence-corrected chi connectivity index (χ4v) is 1.38. The number of hydrogen-bond acceptors (Lipinski definition) is 5. The molecule has 1 rings (SSSR count). The quantitative estimate of drug-likeness (QED) is 0.744. The van der Waals surface area contributed by atoms with Crippen molar-refractivity contribution in [3.63, 3.8) is 0 Å². The SMILES string of the molecule is CCOC(=O)Cc1c(C)nc(N)nc1C. The van der Waals surface area contributed by atoms with E-state index in [9.17, 15) is 4.79 Å². The van der Waals surface area contributed by atoms with Crippen LogP contribution in [0.2, 0.25) is 0 Å². The second-order valence-corrected chi connectivity index (χ2v) is 3.21. The third-order valence-electron chi connectivity index (χ3n) is 2.06. The summed E-state index contributed by atoms with van der Waals surface area (Å²) in [4.78, 5) is 19.3. The first-order valence-electron chi connectivity index (χ1n) is 4.79. The molecule has 0 bridgehead atoms. The summed E-state index contributed by atoms with van der Waals surface area (Å²) in [6.07, 6.45) is 0.200. The minimum Gasteiger partial charge on any atom is -0.466 e. The van der Waals surface area contributed by atoms with Crippen LogP contribution >= 0.6 is 0 Å². The number of esters is 1. The molecular weight excluding hydrogens is 194 g/mol. The van der Waals surface area contributed by atoms with Gasteiger partial charge in [0.2, 0.25) is 5.95 Å². The summed E-state index contributed by atoms with van der Waals surface area (Å²) in [6, 6.07) is 0. The molecule has 0 saturated heterocycles. The van der Waals surface area contributed by atoms with Gasteiger partial charge in [-0.05, 0) is 20.8 Å². The second-order valence-electron chi connectivity index (χ2n) is 3.21. The van der Waals surface area contributed by atoms with E-state index in [1.54, 1.807) is 20.8 Å². The van der Waals surface area contributed by atoms with Crippen molar-refractivity contribution in [3.8, 4) is 0 Å². The van der Waals surface area contributed by atoms with Crippen LogP contribution in [0.25, 0.3) is 0 Å². The van der Waals surface area contributed by atoms with Crippen LogP contribution in [0.1, 0.15) is 23.9 Å². The molecule has 0 unspecified atom stereocenters. The molecule has 0 atom stereocenters. The van der Waals surface area contributed by atoms with Gasteiger partial charge in [0.1, 0.15) is 0 Å². The van der Waals surface area contributed by atoms with Crippen molar-refractivity contribution in [2.75, 3.05) is 12.3 Å². The van der Waals surface area contributed by atoms with Gasteiger partial charge in [0.25, 0.3) is 0 Å². The average molecular weight is 209 g/mol. The third-order valence-corrected chi connectivity index (χ3v) is 2.06. The number of anilines is 1. The molecule has 1 aromatic rings. The molecular formula is C10H15N3O2. The molecule has 2 N–H and O–H groups in total. The van der Waals surface area contributed by atoms with E-state index < -0.39 is 0 Å². The Morgan fingerprint density at radius 3 is 2.33 bits per heavy atom. The van der Waals surface area contributed by atoms with Gasteiger partial charge >= 0.3 is 5.97 Å². The van der Waals surface area contributed by atoms with E-state index in [-0.39, 0.29) is 18.3 Å². The fraction of sp³-hybridized carbons (Fsp3) is 0.500. The van der Waals surface area contributed by atoms with Crippen molar-refractivity contribution >= 4 is 11.9 Å². The summed E-state index contributed by atoms with van der Waals surface area (Å²) in [5.41, 5.74) is 7.73. The summed E-state index contributed by atoms with van der Waals surface area (Å²) in [6.45, 7) is 5.77. The molecule has 0 aromatic carbocycles. The lowest BCUT2D eigenvalue weighted by molar-refractivity contribution is -0.142. The molecule has 5 heteroatoms. The number of carbonyl (C=O) groups excluding carboxylic acids is 1. The number of rotatable bonds is 3. The van der Waals surface area contributed by atoms with Crippen molar-refractivity contribution in [1.82, 2.24) is 9.97 Å². The molecule has 0 saturated carbocycles. The monoisotopic (exact) mass is 209 g/mol. The van der Waals surface area contributed by atoms with Crippen LogP contribution in [0.3, 0.4) is 0 Å². The first-order chi connectivity index (χ1) is 7.04. The first-order valence-corrected chi connectivity index (χ1v) is 4.79. The van der Waals surface area contributed by atoms with Crippen LogP contribution in [0.15, 0.2) is 0 Å². The molecule has 0 amide bonds. The maximum atomic E-state index is 11.3. The minimum absolute atomic E-state index is 0.200.